The van der Waals surface area contributed by atoms with Crippen LogP contribution in [0.4, 0.5) is 0 Å². The summed E-state index contributed by atoms with van der Waals surface area (Å²) in [6.45, 7) is 4.82. The maximum Gasteiger partial charge on any atom is 0.310 e. The molecule has 1 aliphatic carbocycles. The van der Waals surface area contributed by atoms with Crippen molar-refractivity contribution in [3.63, 3.8) is 0 Å². The Morgan fingerprint density at radius 2 is 2.16 bits per heavy atom. The summed E-state index contributed by atoms with van der Waals surface area (Å²) in [5, 5.41) is 9.25. The van der Waals surface area contributed by atoms with Gasteiger partial charge in [-0.1, -0.05) is 6.42 Å². The number of carboxylic acids is 1. The molecule has 2 aliphatic rings. The summed E-state index contributed by atoms with van der Waals surface area (Å²) in [4.78, 5) is 25.3. The van der Waals surface area contributed by atoms with E-state index in [0.717, 1.165) is 19.4 Å². The van der Waals surface area contributed by atoms with Gasteiger partial charge in [-0.15, -0.1) is 0 Å². The van der Waals surface area contributed by atoms with E-state index in [1.54, 1.807) is 0 Å². The van der Waals surface area contributed by atoms with Crippen LogP contribution in [0.15, 0.2) is 0 Å². The number of likely N-dealkylation sites (tertiary alicyclic amines) is 1. The monoisotopic (exact) mass is 269 g/mol. The number of hydrogen-bond acceptors (Lipinski definition) is 3. The molecule has 1 saturated heterocycles. The third-order valence-electron chi connectivity index (χ3n) is 4.45. The van der Waals surface area contributed by atoms with Crippen LogP contribution in [0, 0.1) is 11.3 Å². The number of ether oxygens (including phenoxy) is 1. The number of rotatable bonds is 6. The summed E-state index contributed by atoms with van der Waals surface area (Å²) < 4.78 is 5.38. The van der Waals surface area contributed by atoms with Crippen molar-refractivity contribution in [2.45, 2.75) is 39.0 Å². The van der Waals surface area contributed by atoms with E-state index >= 15 is 0 Å². The second-order valence-corrected chi connectivity index (χ2v) is 5.77. The Kier molecular flexibility index (Phi) is 4.45. The number of carbonyl (C=O) groups excluding carboxylic acids is 1. The zero-order chi connectivity index (χ0) is 13.9. The van der Waals surface area contributed by atoms with Crippen LogP contribution in [0.2, 0.25) is 0 Å². The molecule has 2 rings (SSSR count). The molecule has 1 amide bonds. The Hall–Kier alpha value is -1.10. The van der Waals surface area contributed by atoms with Crippen LogP contribution >= 0.6 is 0 Å². The molecule has 0 unspecified atom stereocenters. The maximum atomic E-state index is 12.2. The van der Waals surface area contributed by atoms with Crippen LogP contribution in [-0.4, -0.2) is 48.2 Å². The fraction of sp³-hybridized carbons (Fsp3) is 0.857. The SMILES string of the molecule is CCOC[C@H]1CCN(C(=O)CC2(C(=O)O)CCC2)C1. The number of amides is 1. The van der Waals surface area contributed by atoms with Crippen molar-refractivity contribution in [3.8, 4) is 0 Å². The summed E-state index contributed by atoms with van der Waals surface area (Å²) in [5.74, 6) is -0.399. The second kappa shape index (κ2) is 5.90. The van der Waals surface area contributed by atoms with Crippen LogP contribution in [0.25, 0.3) is 0 Å². The first-order chi connectivity index (χ1) is 9.07. The number of nitrogens with zero attached hydrogens (tertiary/aromatic N) is 1. The Balaban J connectivity index is 1.83. The third-order valence-corrected chi connectivity index (χ3v) is 4.45. The summed E-state index contributed by atoms with van der Waals surface area (Å²) in [5.41, 5.74) is -0.769. The van der Waals surface area contributed by atoms with Gasteiger partial charge in [0.05, 0.1) is 12.0 Å². The van der Waals surface area contributed by atoms with Crippen molar-refractivity contribution in [3.05, 3.63) is 0 Å². The van der Waals surface area contributed by atoms with Gasteiger partial charge in [-0.25, -0.2) is 0 Å². The van der Waals surface area contributed by atoms with Gasteiger partial charge >= 0.3 is 5.97 Å². The fourth-order valence-corrected chi connectivity index (χ4v) is 2.95. The standard InChI is InChI=1S/C14H23NO4/c1-2-19-10-11-4-7-15(9-11)12(16)8-14(13(17)18)5-3-6-14/h11H,2-10H2,1H3,(H,17,18)/t11-/m0/s1. The van der Waals surface area contributed by atoms with Crippen LogP contribution in [0.5, 0.6) is 0 Å². The Morgan fingerprint density at radius 1 is 1.42 bits per heavy atom. The maximum absolute atomic E-state index is 12.2. The minimum Gasteiger partial charge on any atom is -0.481 e. The Morgan fingerprint density at radius 3 is 2.68 bits per heavy atom. The van der Waals surface area contributed by atoms with E-state index in [0.29, 0.717) is 38.5 Å². The molecule has 108 valence electrons. The lowest BCUT2D eigenvalue weighted by Crippen LogP contribution is -2.43. The van der Waals surface area contributed by atoms with Gasteiger partial charge in [0.15, 0.2) is 0 Å². The molecule has 0 aromatic heterocycles. The lowest BCUT2D eigenvalue weighted by Gasteiger charge is -2.38. The van der Waals surface area contributed by atoms with Gasteiger partial charge in [-0.2, -0.15) is 0 Å². The molecule has 1 heterocycles. The molecule has 5 heteroatoms. The van der Waals surface area contributed by atoms with Crippen molar-refractivity contribution in [2.75, 3.05) is 26.3 Å². The van der Waals surface area contributed by atoms with Crippen LogP contribution in [0.1, 0.15) is 39.0 Å². The highest BCUT2D eigenvalue weighted by Crippen LogP contribution is 2.44. The van der Waals surface area contributed by atoms with Crippen molar-refractivity contribution in [1.29, 1.82) is 0 Å². The van der Waals surface area contributed by atoms with Crippen LogP contribution in [-0.2, 0) is 14.3 Å². The highest BCUT2D eigenvalue weighted by atomic mass is 16.5. The molecule has 0 aromatic rings. The fourth-order valence-electron chi connectivity index (χ4n) is 2.95. The van der Waals surface area contributed by atoms with E-state index in [-0.39, 0.29) is 12.3 Å². The first kappa shape index (κ1) is 14.3. The van der Waals surface area contributed by atoms with E-state index in [2.05, 4.69) is 0 Å². The lowest BCUT2D eigenvalue weighted by atomic mass is 9.66. The zero-order valence-corrected chi connectivity index (χ0v) is 11.6. The van der Waals surface area contributed by atoms with E-state index in [4.69, 9.17) is 4.74 Å². The molecule has 1 saturated carbocycles. The van der Waals surface area contributed by atoms with Crippen molar-refractivity contribution in [1.82, 2.24) is 4.90 Å². The molecule has 2 fully saturated rings. The van der Waals surface area contributed by atoms with Gasteiger partial charge in [-0.05, 0) is 26.2 Å². The van der Waals surface area contributed by atoms with E-state index in [1.807, 2.05) is 11.8 Å². The first-order valence-corrected chi connectivity index (χ1v) is 7.16. The Labute approximate surface area is 113 Å². The molecule has 0 bridgehead atoms. The van der Waals surface area contributed by atoms with E-state index < -0.39 is 11.4 Å². The number of carbonyl (C=O) groups is 2. The topological polar surface area (TPSA) is 66.8 Å². The minimum absolute atomic E-state index is 0.00102. The van der Waals surface area contributed by atoms with Gasteiger partial charge in [0, 0.05) is 32.0 Å². The summed E-state index contributed by atoms with van der Waals surface area (Å²) in [7, 11) is 0. The molecular formula is C14H23NO4. The molecule has 19 heavy (non-hydrogen) atoms. The lowest BCUT2D eigenvalue weighted by molar-refractivity contribution is -0.159. The predicted molar refractivity (Wildman–Crippen MR) is 69.7 cm³/mol. The van der Waals surface area contributed by atoms with Gasteiger partial charge in [-0.3, -0.25) is 9.59 Å². The summed E-state index contributed by atoms with van der Waals surface area (Å²) in [6, 6.07) is 0. The van der Waals surface area contributed by atoms with Crippen LogP contribution in [0.3, 0.4) is 0 Å². The minimum atomic E-state index is -0.808. The zero-order valence-electron chi connectivity index (χ0n) is 11.6. The smallest absolute Gasteiger partial charge is 0.310 e. The van der Waals surface area contributed by atoms with Crippen molar-refractivity contribution >= 4 is 11.9 Å². The average molecular weight is 269 g/mol. The largest absolute Gasteiger partial charge is 0.481 e. The van der Waals surface area contributed by atoms with Gasteiger partial charge in [0.1, 0.15) is 0 Å². The quantitative estimate of drug-likeness (QED) is 0.794. The molecule has 5 nitrogen and oxygen atoms in total. The normalized spacial score (nSPS) is 25.1. The van der Waals surface area contributed by atoms with Gasteiger partial charge < -0.3 is 14.7 Å². The third kappa shape index (κ3) is 3.08. The molecule has 0 radical (unpaired) electrons. The van der Waals surface area contributed by atoms with E-state index in [9.17, 15) is 14.7 Å². The van der Waals surface area contributed by atoms with E-state index in [1.165, 1.54) is 0 Å². The average Bonchev–Trinajstić information content (AvgIpc) is 2.79. The Bertz CT molecular complexity index is 351. The highest BCUT2D eigenvalue weighted by molar-refractivity contribution is 5.85. The van der Waals surface area contributed by atoms with Crippen LogP contribution < -0.4 is 0 Å². The molecule has 1 N–H and O–H groups in total. The van der Waals surface area contributed by atoms with Crippen molar-refractivity contribution < 1.29 is 19.4 Å². The van der Waals surface area contributed by atoms with Gasteiger partial charge in [0.2, 0.25) is 5.91 Å². The number of hydrogen-bond donors (Lipinski definition) is 1. The predicted octanol–water partition coefficient (Wildman–Crippen LogP) is 1.52. The number of aliphatic carboxylic acids is 1. The summed E-state index contributed by atoms with van der Waals surface area (Å²) >= 11 is 0. The second-order valence-electron chi connectivity index (χ2n) is 5.77. The molecule has 1 atom stereocenters. The first-order valence-electron chi connectivity index (χ1n) is 7.16. The molecule has 0 aromatic carbocycles. The molecule has 0 spiro atoms. The summed E-state index contributed by atoms with van der Waals surface area (Å²) in [6.07, 6.45) is 3.34. The number of carboxylic acid groups (broad SMARTS) is 1. The molecular weight excluding hydrogens is 246 g/mol. The van der Waals surface area contributed by atoms with Crippen molar-refractivity contribution in [2.24, 2.45) is 11.3 Å². The molecule has 1 aliphatic heterocycles. The van der Waals surface area contributed by atoms with Gasteiger partial charge in [0.25, 0.3) is 0 Å². The highest BCUT2D eigenvalue weighted by Gasteiger charge is 2.47.